The first-order valence-corrected chi connectivity index (χ1v) is 8.11. The van der Waals surface area contributed by atoms with Crippen molar-refractivity contribution in [3.05, 3.63) is 66.4 Å². The number of nitrogens with zero attached hydrogens (tertiary/aromatic N) is 5. The zero-order valence-electron chi connectivity index (χ0n) is 14.2. The fourth-order valence-corrected chi connectivity index (χ4v) is 2.49. The van der Waals surface area contributed by atoms with Crippen LogP contribution in [0, 0.1) is 0 Å². The summed E-state index contributed by atoms with van der Waals surface area (Å²) >= 11 is 0. The van der Waals surface area contributed by atoms with Gasteiger partial charge in [0.2, 0.25) is 0 Å². The lowest BCUT2D eigenvalue weighted by Gasteiger charge is -2.26. The van der Waals surface area contributed by atoms with Crippen molar-refractivity contribution >= 4 is 5.82 Å². The van der Waals surface area contributed by atoms with Gasteiger partial charge in [-0.25, -0.2) is 9.97 Å². The van der Waals surface area contributed by atoms with Gasteiger partial charge in [0.15, 0.2) is 5.82 Å². The second-order valence-electron chi connectivity index (χ2n) is 5.67. The molecule has 3 heterocycles. The summed E-state index contributed by atoms with van der Waals surface area (Å²) in [6, 6.07) is 12.0. The van der Waals surface area contributed by atoms with E-state index in [-0.39, 0.29) is 6.04 Å². The third-order valence-corrected chi connectivity index (χ3v) is 4.12. The standard InChI is InChI=1S/C19H21N5/c1-4-16-13-18(23-19(22-16)15-8-11-20-12-9-15)24(3)14(2)17-7-5-6-10-21-17/h5-14H,4H2,1-3H3. The first-order chi connectivity index (χ1) is 11.7. The topological polar surface area (TPSA) is 54.8 Å². The minimum atomic E-state index is 0.121. The zero-order valence-corrected chi connectivity index (χ0v) is 14.2. The normalized spacial score (nSPS) is 12.0. The Labute approximate surface area is 142 Å². The van der Waals surface area contributed by atoms with Crippen molar-refractivity contribution in [2.45, 2.75) is 26.3 Å². The molecule has 0 radical (unpaired) electrons. The van der Waals surface area contributed by atoms with Crippen molar-refractivity contribution in [3.8, 4) is 11.4 Å². The van der Waals surface area contributed by atoms with Crippen LogP contribution < -0.4 is 4.90 Å². The van der Waals surface area contributed by atoms with Crippen LogP contribution in [0.15, 0.2) is 55.0 Å². The smallest absolute Gasteiger partial charge is 0.161 e. The third-order valence-electron chi connectivity index (χ3n) is 4.12. The van der Waals surface area contributed by atoms with Crippen molar-refractivity contribution in [2.24, 2.45) is 0 Å². The maximum atomic E-state index is 4.76. The van der Waals surface area contributed by atoms with Crippen LogP contribution in [0.3, 0.4) is 0 Å². The Morgan fingerprint density at radius 2 is 1.83 bits per heavy atom. The summed E-state index contributed by atoms with van der Waals surface area (Å²) in [5.74, 6) is 1.62. The molecular formula is C19H21N5. The van der Waals surface area contributed by atoms with E-state index >= 15 is 0 Å². The second kappa shape index (κ2) is 7.17. The van der Waals surface area contributed by atoms with E-state index in [0.717, 1.165) is 35.0 Å². The van der Waals surface area contributed by atoms with Crippen LogP contribution >= 0.6 is 0 Å². The zero-order chi connectivity index (χ0) is 16.9. The number of hydrogen-bond donors (Lipinski definition) is 0. The van der Waals surface area contributed by atoms with Crippen molar-refractivity contribution in [1.82, 2.24) is 19.9 Å². The molecular weight excluding hydrogens is 298 g/mol. The van der Waals surface area contributed by atoms with E-state index in [0.29, 0.717) is 0 Å². The highest BCUT2D eigenvalue weighted by atomic mass is 15.2. The first kappa shape index (κ1) is 16.1. The Balaban J connectivity index is 1.98. The molecule has 3 rings (SSSR count). The van der Waals surface area contributed by atoms with E-state index in [2.05, 4.69) is 33.7 Å². The molecule has 0 aliphatic carbocycles. The quantitative estimate of drug-likeness (QED) is 0.718. The van der Waals surface area contributed by atoms with E-state index in [1.165, 1.54) is 0 Å². The van der Waals surface area contributed by atoms with Gasteiger partial charge >= 0.3 is 0 Å². The molecule has 0 bridgehead atoms. The number of hydrogen-bond acceptors (Lipinski definition) is 5. The first-order valence-electron chi connectivity index (χ1n) is 8.11. The summed E-state index contributed by atoms with van der Waals surface area (Å²) in [5.41, 5.74) is 3.01. The molecule has 5 heteroatoms. The molecule has 0 amide bonds. The molecule has 3 aromatic rings. The number of pyridine rings is 2. The predicted octanol–water partition coefficient (Wildman–Crippen LogP) is 3.69. The summed E-state index contributed by atoms with van der Waals surface area (Å²) in [6.07, 6.45) is 6.20. The lowest BCUT2D eigenvalue weighted by Crippen LogP contribution is -2.24. The van der Waals surface area contributed by atoms with Crippen molar-refractivity contribution in [3.63, 3.8) is 0 Å². The molecule has 1 unspecified atom stereocenters. The average Bonchev–Trinajstić information content (AvgIpc) is 2.67. The Morgan fingerprint density at radius 3 is 2.50 bits per heavy atom. The Morgan fingerprint density at radius 1 is 1.04 bits per heavy atom. The molecule has 0 spiro atoms. The van der Waals surface area contributed by atoms with Crippen LogP contribution in [0.2, 0.25) is 0 Å². The maximum absolute atomic E-state index is 4.76. The monoisotopic (exact) mass is 319 g/mol. The SMILES string of the molecule is CCc1cc(N(C)C(C)c2ccccn2)nc(-c2ccncc2)n1. The molecule has 24 heavy (non-hydrogen) atoms. The van der Waals surface area contributed by atoms with Crippen LogP contribution in [0.1, 0.15) is 31.3 Å². The highest BCUT2D eigenvalue weighted by Crippen LogP contribution is 2.25. The molecule has 0 N–H and O–H groups in total. The van der Waals surface area contributed by atoms with Crippen LogP contribution in [0.4, 0.5) is 5.82 Å². The van der Waals surface area contributed by atoms with Gasteiger partial charge in [-0.1, -0.05) is 13.0 Å². The van der Waals surface area contributed by atoms with E-state index < -0.39 is 0 Å². The number of rotatable bonds is 5. The van der Waals surface area contributed by atoms with Gasteiger partial charge in [-0.15, -0.1) is 0 Å². The molecule has 0 aromatic carbocycles. The van der Waals surface area contributed by atoms with Crippen molar-refractivity contribution in [1.29, 1.82) is 0 Å². The number of anilines is 1. The van der Waals surface area contributed by atoms with Gasteiger partial charge in [0, 0.05) is 43.0 Å². The minimum absolute atomic E-state index is 0.121. The van der Waals surface area contributed by atoms with Crippen LogP contribution in [0.5, 0.6) is 0 Å². The van der Waals surface area contributed by atoms with E-state index in [9.17, 15) is 0 Å². The average molecular weight is 319 g/mol. The van der Waals surface area contributed by atoms with Gasteiger partial charge in [-0.05, 0) is 37.6 Å². The van der Waals surface area contributed by atoms with Gasteiger partial charge in [-0.2, -0.15) is 0 Å². The van der Waals surface area contributed by atoms with Gasteiger partial charge in [0.05, 0.1) is 11.7 Å². The molecule has 0 fully saturated rings. The van der Waals surface area contributed by atoms with Crippen LogP contribution in [-0.4, -0.2) is 27.0 Å². The second-order valence-corrected chi connectivity index (χ2v) is 5.67. The van der Waals surface area contributed by atoms with Gasteiger partial charge in [0.1, 0.15) is 5.82 Å². The number of aromatic nitrogens is 4. The minimum Gasteiger partial charge on any atom is -0.351 e. The summed E-state index contributed by atoms with van der Waals surface area (Å²) in [6.45, 7) is 4.23. The molecule has 0 aliphatic rings. The summed E-state index contributed by atoms with van der Waals surface area (Å²) in [5, 5.41) is 0. The van der Waals surface area contributed by atoms with E-state index in [4.69, 9.17) is 4.98 Å². The van der Waals surface area contributed by atoms with Gasteiger partial charge in [0.25, 0.3) is 0 Å². The summed E-state index contributed by atoms with van der Waals surface area (Å²) < 4.78 is 0. The molecule has 3 aromatic heterocycles. The fraction of sp³-hybridized carbons (Fsp3) is 0.263. The van der Waals surface area contributed by atoms with Gasteiger partial charge in [-0.3, -0.25) is 9.97 Å². The largest absolute Gasteiger partial charge is 0.351 e. The molecule has 0 saturated carbocycles. The van der Waals surface area contributed by atoms with Crippen LogP contribution in [-0.2, 0) is 6.42 Å². The molecule has 0 aliphatic heterocycles. The van der Waals surface area contributed by atoms with Crippen molar-refractivity contribution < 1.29 is 0 Å². The molecule has 122 valence electrons. The summed E-state index contributed by atoms with van der Waals surface area (Å²) in [4.78, 5) is 20.1. The third kappa shape index (κ3) is 3.40. The maximum Gasteiger partial charge on any atom is 0.161 e. The van der Waals surface area contributed by atoms with Crippen LogP contribution in [0.25, 0.3) is 11.4 Å². The molecule has 5 nitrogen and oxygen atoms in total. The van der Waals surface area contributed by atoms with E-state index in [1.54, 1.807) is 12.4 Å². The van der Waals surface area contributed by atoms with E-state index in [1.807, 2.05) is 49.6 Å². The molecule has 1 atom stereocenters. The highest BCUT2D eigenvalue weighted by molar-refractivity contribution is 5.57. The van der Waals surface area contributed by atoms with Gasteiger partial charge < -0.3 is 4.90 Å². The Hall–Kier alpha value is -2.82. The fourth-order valence-electron chi connectivity index (χ4n) is 2.49. The van der Waals surface area contributed by atoms with Crippen molar-refractivity contribution in [2.75, 3.05) is 11.9 Å². The highest BCUT2D eigenvalue weighted by Gasteiger charge is 2.16. The predicted molar refractivity (Wildman–Crippen MR) is 95.7 cm³/mol. The lowest BCUT2D eigenvalue weighted by molar-refractivity contribution is 0.702. The number of aryl methyl sites for hydroxylation is 1. The summed E-state index contributed by atoms with van der Waals surface area (Å²) in [7, 11) is 2.04. The Kier molecular flexibility index (Phi) is 4.79. The lowest BCUT2D eigenvalue weighted by atomic mass is 10.2. The molecule has 0 saturated heterocycles. The Bertz CT molecular complexity index is 789.